The van der Waals surface area contributed by atoms with Crippen molar-refractivity contribution < 1.29 is 9.59 Å². The van der Waals surface area contributed by atoms with Gasteiger partial charge >= 0.3 is 0 Å². The number of benzene rings is 2. The molecule has 4 rings (SSSR count). The van der Waals surface area contributed by atoms with Crippen LogP contribution in [0.3, 0.4) is 0 Å². The lowest BCUT2D eigenvalue weighted by Gasteiger charge is -2.32. The Bertz CT molecular complexity index is 1100. The molecule has 0 saturated carbocycles. The van der Waals surface area contributed by atoms with Crippen LogP contribution < -0.4 is 5.32 Å². The Balaban J connectivity index is 1.35. The Morgan fingerprint density at radius 3 is 2.33 bits per heavy atom. The largest absolute Gasteiger partial charge is 0.349 e. The van der Waals surface area contributed by atoms with Gasteiger partial charge in [-0.1, -0.05) is 30.3 Å². The van der Waals surface area contributed by atoms with E-state index in [0.29, 0.717) is 11.1 Å². The SMILES string of the molecule is Cc1c(C(=O)NC2CCN(Cc3ccccc3)CC2)cnn1-c1ccc(C(=O)N(C)C)cc1. The number of carbonyl (C=O) groups is 2. The molecule has 2 heterocycles. The molecule has 1 saturated heterocycles. The summed E-state index contributed by atoms with van der Waals surface area (Å²) < 4.78 is 1.74. The lowest BCUT2D eigenvalue weighted by atomic mass is 10.0. The number of nitrogens with one attached hydrogen (secondary N) is 1. The minimum Gasteiger partial charge on any atom is -0.349 e. The van der Waals surface area contributed by atoms with Crippen molar-refractivity contribution >= 4 is 11.8 Å². The summed E-state index contributed by atoms with van der Waals surface area (Å²) in [4.78, 5) is 29.0. The van der Waals surface area contributed by atoms with E-state index in [1.807, 2.05) is 25.1 Å². The number of likely N-dealkylation sites (tertiary alicyclic amines) is 1. The van der Waals surface area contributed by atoms with Gasteiger partial charge in [-0.3, -0.25) is 14.5 Å². The van der Waals surface area contributed by atoms with E-state index in [1.54, 1.807) is 42.0 Å². The number of carbonyl (C=O) groups excluding carboxylic acids is 2. The van der Waals surface area contributed by atoms with Crippen molar-refractivity contribution in [3.8, 4) is 5.69 Å². The number of nitrogens with zero attached hydrogens (tertiary/aromatic N) is 4. The highest BCUT2D eigenvalue weighted by atomic mass is 16.2. The zero-order chi connectivity index (χ0) is 23.4. The first kappa shape index (κ1) is 22.7. The second-order valence-electron chi connectivity index (χ2n) is 8.81. The van der Waals surface area contributed by atoms with Gasteiger partial charge < -0.3 is 10.2 Å². The predicted octanol–water partition coefficient (Wildman–Crippen LogP) is 3.28. The van der Waals surface area contributed by atoms with Gasteiger partial charge in [0.05, 0.1) is 23.1 Å². The van der Waals surface area contributed by atoms with E-state index >= 15 is 0 Å². The number of amides is 2. The monoisotopic (exact) mass is 445 g/mol. The van der Waals surface area contributed by atoms with Crippen molar-refractivity contribution in [3.05, 3.63) is 83.2 Å². The third-order valence-corrected chi connectivity index (χ3v) is 6.19. The van der Waals surface area contributed by atoms with Gasteiger partial charge in [-0.2, -0.15) is 5.10 Å². The molecule has 0 aliphatic carbocycles. The summed E-state index contributed by atoms with van der Waals surface area (Å²) >= 11 is 0. The minimum atomic E-state index is -0.0836. The summed E-state index contributed by atoms with van der Waals surface area (Å²) in [6.45, 7) is 4.78. The Labute approximate surface area is 195 Å². The predicted molar refractivity (Wildman–Crippen MR) is 129 cm³/mol. The van der Waals surface area contributed by atoms with Gasteiger partial charge in [0.25, 0.3) is 11.8 Å². The number of hydrogen-bond acceptors (Lipinski definition) is 4. The molecule has 3 aromatic rings. The molecule has 33 heavy (non-hydrogen) atoms. The van der Waals surface area contributed by atoms with Gasteiger partial charge in [0, 0.05) is 45.3 Å². The van der Waals surface area contributed by atoms with Gasteiger partial charge in [-0.05, 0) is 49.6 Å². The molecular formula is C26H31N5O2. The molecule has 1 fully saturated rings. The second-order valence-corrected chi connectivity index (χ2v) is 8.81. The quantitative estimate of drug-likeness (QED) is 0.632. The summed E-state index contributed by atoms with van der Waals surface area (Å²) in [5.74, 6) is -0.131. The summed E-state index contributed by atoms with van der Waals surface area (Å²) in [5, 5.41) is 7.61. The summed E-state index contributed by atoms with van der Waals surface area (Å²) in [6.07, 6.45) is 3.49. The molecule has 0 atom stereocenters. The molecule has 0 radical (unpaired) electrons. The zero-order valence-electron chi connectivity index (χ0n) is 19.5. The highest BCUT2D eigenvalue weighted by molar-refractivity contribution is 5.95. The molecule has 1 N–H and O–H groups in total. The average molecular weight is 446 g/mol. The Morgan fingerprint density at radius 2 is 1.70 bits per heavy atom. The van der Waals surface area contributed by atoms with Crippen molar-refractivity contribution in [2.24, 2.45) is 0 Å². The van der Waals surface area contributed by atoms with Crippen LogP contribution in [0.1, 0.15) is 44.8 Å². The fourth-order valence-corrected chi connectivity index (χ4v) is 4.24. The van der Waals surface area contributed by atoms with Crippen molar-refractivity contribution in [1.29, 1.82) is 0 Å². The molecule has 0 unspecified atom stereocenters. The van der Waals surface area contributed by atoms with Crippen LogP contribution in [0.15, 0.2) is 60.8 Å². The summed E-state index contributed by atoms with van der Waals surface area (Å²) in [7, 11) is 3.46. The summed E-state index contributed by atoms with van der Waals surface area (Å²) in [6, 6.07) is 17.9. The van der Waals surface area contributed by atoms with Crippen LogP contribution in [-0.2, 0) is 6.54 Å². The maximum Gasteiger partial charge on any atom is 0.254 e. The Kier molecular flexibility index (Phi) is 6.89. The van der Waals surface area contributed by atoms with Crippen molar-refractivity contribution in [2.75, 3.05) is 27.2 Å². The number of rotatable bonds is 6. The van der Waals surface area contributed by atoms with Gasteiger partial charge in [0.2, 0.25) is 0 Å². The normalized spacial score (nSPS) is 14.8. The first-order valence-electron chi connectivity index (χ1n) is 11.4. The van der Waals surface area contributed by atoms with Crippen LogP contribution >= 0.6 is 0 Å². The van der Waals surface area contributed by atoms with Crippen LogP contribution in [-0.4, -0.2) is 64.6 Å². The zero-order valence-corrected chi connectivity index (χ0v) is 19.5. The van der Waals surface area contributed by atoms with Gasteiger partial charge in [0.15, 0.2) is 0 Å². The Hall–Kier alpha value is -3.45. The van der Waals surface area contributed by atoms with Crippen LogP contribution in [0.25, 0.3) is 5.69 Å². The van der Waals surface area contributed by atoms with E-state index in [-0.39, 0.29) is 17.9 Å². The highest BCUT2D eigenvalue weighted by Crippen LogP contribution is 2.18. The van der Waals surface area contributed by atoms with E-state index in [9.17, 15) is 9.59 Å². The van der Waals surface area contributed by atoms with E-state index in [2.05, 4.69) is 39.6 Å². The molecule has 7 nitrogen and oxygen atoms in total. The molecule has 172 valence electrons. The minimum absolute atomic E-state index is 0.0476. The number of hydrogen-bond donors (Lipinski definition) is 1. The third kappa shape index (κ3) is 5.31. The molecule has 2 amide bonds. The van der Waals surface area contributed by atoms with Crippen LogP contribution in [0.5, 0.6) is 0 Å². The molecule has 1 aromatic heterocycles. The second kappa shape index (κ2) is 10.0. The van der Waals surface area contributed by atoms with E-state index in [0.717, 1.165) is 43.9 Å². The van der Waals surface area contributed by atoms with E-state index < -0.39 is 0 Å². The van der Waals surface area contributed by atoms with Crippen LogP contribution in [0.4, 0.5) is 0 Å². The van der Waals surface area contributed by atoms with E-state index in [1.165, 1.54) is 5.56 Å². The topological polar surface area (TPSA) is 70.5 Å². The van der Waals surface area contributed by atoms with Gasteiger partial charge in [-0.15, -0.1) is 0 Å². The van der Waals surface area contributed by atoms with Gasteiger partial charge in [0.1, 0.15) is 0 Å². The molecule has 1 aliphatic rings. The molecule has 0 spiro atoms. The lowest BCUT2D eigenvalue weighted by Crippen LogP contribution is -2.44. The van der Waals surface area contributed by atoms with Crippen LogP contribution in [0, 0.1) is 6.92 Å². The molecule has 0 bridgehead atoms. The average Bonchev–Trinajstić information content (AvgIpc) is 3.22. The van der Waals surface area contributed by atoms with Gasteiger partial charge in [-0.25, -0.2) is 4.68 Å². The van der Waals surface area contributed by atoms with Crippen LogP contribution in [0.2, 0.25) is 0 Å². The van der Waals surface area contributed by atoms with Crippen molar-refractivity contribution in [2.45, 2.75) is 32.4 Å². The molecule has 1 aliphatic heterocycles. The fourth-order valence-electron chi connectivity index (χ4n) is 4.24. The standard InChI is InChI=1S/C26H31N5O2/c1-19-24(17-27-31(19)23-11-9-21(10-12-23)26(33)29(2)3)25(32)28-22-13-15-30(16-14-22)18-20-7-5-4-6-8-20/h4-12,17,22H,13-16,18H2,1-3H3,(H,28,32). The van der Waals surface area contributed by atoms with Crippen molar-refractivity contribution in [1.82, 2.24) is 24.9 Å². The number of aromatic nitrogens is 2. The maximum absolute atomic E-state index is 12.9. The smallest absolute Gasteiger partial charge is 0.254 e. The lowest BCUT2D eigenvalue weighted by molar-refractivity contribution is 0.0827. The maximum atomic E-state index is 12.9. The summed E-state index contributed by atoms with van der Waals surface area (Å²) in [5.41, 5.74) is 4.11. The Morgan fingerprint density at radius 1 is 1.03 bits per heavy atom. The van der Waals surface area contributed by atoms with E-state index in [4.69, 9.17) is 0 Å². The highest BCUT2D eigenvalue weighted by Gasteiger charge is 2.23. The first-order chi connectivity index (χ1) is 15.9. The molecule has 7 heteroatoms. The molecular weight excluding hydrogens is 414 g/mol. The molecule has 2 aromatic carbocycles. The number of piperidine rings is 1. The third-order valence-electron chi connectivity index (χ3n) is 6.19. The fraction of sp³-hybridized carbons (Fsp3) is 0.346. The first-order valence-corrected chi connectivity index (χ1v) is 11.4. The van der Waals surface area contributed by atoms with Crippen molar-refractivity contribution in [3.63, 3.8) is 0 Å².